The molecule has 0 N–H and O–H groups in total. The molecular formula is C12H14O. The summed E-state index contributed by atoms with van der Waals surface area (Å²) in [5.41, 5.74) is -0.0660. The topological polar surface area (TPSA) is 17.1 Å². The van der Waals surface area contributed by atoms with Crippen molar-refractivity contribution in [2.24, 2.45) is 17.3 Å². The van der Waals surface area contributed by atoms with Crippen molar-refractivity contribution >= 4 is 5.78 Å². The van der Waals surface area contributed by atoms with Crippen LogP contribution in [-0.2, 0) is 4.79 Å². The minimum Gasteiger partial charge on any atom is -0.294 e. The second-order valence-electron chi connectivity index (χ2n) is 4.61. The minimum absolute atomic E-state index is 0.0660. The molecule has 0 saturated heterocycles. The number of fused-ring (bicyclic) bond motifs is 1. The van der Waals surface area contributed by atoms with Crippen molar-refractivity contribution in [3.05, 3.63) is 24.3 Å². The molecule has 1 spiro atoms. The van der Waals surface area contributed by atoms with Crippen LogP contribution in [0.1, 0.15) is 25.7 Å². The summed E-state index contributed by atoms with van der Waals surface area (Å²) in [6.07, 6.45) is 13.2. The van der Waals surface area contributed by atoms with Gasteiger partial charge in [-0.05, 0) is 37.2 Å². The van der Waals surface area contributed by atoms with Gasteiger partial charge in [0, 0.05) is 0 Å². The van der Waals surface area contributed by atoms with E-state index in [2.05, 4.69) is 18.2 Å². The Morgan fingerprint density at radius 3 is 3.23 bits per heavy atom. The van der Waals surface area contributed by atoms with Crippen LogP contribution < -0.4 is 0 Å². The van der Waals surface area contributed by atoms with Gasteiger partial charge in [0.25, 0.3) is 0 Å². The van der Waals surface area contributed by atoms with Gasteiger partial charge in [-0.25, -0.2) is 0 Å². The Kier molecular flexibility index (Phi) is 1.36. The Hall–Kier alpha value is -0.850. The normalized spacial score (nSPS) is 46.6. The summed E-state index contributed by atoms with van der Waals surface area (Å²) in [6, 6.07) is 0. The number of hydrogen-bond acceptors (Lipinski definition) is 1. The molecular weight excluding hydrogens is 160 g/mol. The van der Waals surface area contributed by atoms with E-state index in [1.807, 2.05) is 6.08 Å². The number of allylic oxidation sites excluding steroid dienone is 4. The Balaban J connectivity index is 2.15. The molecule has 0 radical (unpaired) electrons. The van der Waals surface area contributed by atoms with Gasteiger partial charge in [0.1, 0.15) is 0 Å². The first-order valence-electron chi connectivity index (χ1n) is 5.23. The molecule has 3 unspecified atom stereocenters. The molecule has 0 amide bonds. The van der Waals surface area contributed by atoms with Gasteiger partial charge in [-0.2, -0.15) is 0 Å². The molecule has 1 fully saturated rings. The highest BCUT2D eigenvalue weighted by Crippen LogP contribution is 2.52. The lowest BCUT2D eigenvalue weighted by atomic mass is 9.69. The van der Waals surface area contributed by atoms with E-state index < -0.39 is 0 Å². The third-order valence-corrected chi connectivity index (χ3v) is 4.02. The standard InChI is InChI=1S/C12H14O/c13-11-4-3-9-5-7-12(11)6-1-2-10(12)8-9/h3-5,7,9-10H,1-2,6,8H2. The third-order valence-electron chi connectivity index (χ3n) is 4.02. The first-order valence-corrected chi connectivity index (χ1v) is 5.23. The quantitative estimate of drug-likeness (QED) is 0.516. The van der Waals surface area contributed by atoms with E-state index in [0.717, 1.165) is 6.42 Å². The van der Waals surface area contributed by atoms with Crippen molar-refractivity contribution in [3.63, 3.8) is 0 Å². The highest BCUT2D eigenvalue weighted by molar-refractivity contribution is 5.97. The SMILES string of the molecule is O=C1C=CC2C=CC13CCCC3C2. The van der Waals surface area contributed by atoms with Crippen LogP contribution in [0.3, 0.4) is 0 Å². The summed E-state index contributed by atoms with van der Waals surface area (Å²) in [6.45, 7) is 0. The molecule has 13 heavy (non-hydrogen) atoms. The molecule has 2 bridgehead atoms. The predicted molar refractivity (Wildman–Crippen MR) is 51.2 cm³/mol. The average molecular weight is 174 g/mol. The van der Waals surface area contributed by atoms with E-state index in [9.17, 15) is 4.79 Å². The van der Waals surface area contributed by atoms with Gasteiger partial charge in [0.15, 0.2) is 5.78 Å². The fourth-order valence-electron chi connectivity index (χ4n) is 3.27. The summed E-state index contributed by atoms with van der Waals surface area (Å²) in [4.78, 5) is 11.9. The maximum absolute atomic E-state index is 11.9. The van der Waals surface area contributed by atoms with E-state index >= 15 is 0 Å². The van der Waals surface area contributed by atoms with Gasteiger partial charge >= 0.3 is 0 Å². The Labute approximate surface area is 78.5 Å². The molecule has 68 valence electrons. The molecule has 4 aliphatic carbocycles. The zero-order valence-corrected chi connectivity index (χ0v) is 7.70. The molecule has 0 aromatic heterocycles. The van der Waals surface area contributed by atoms with Crippen molar-refractivity contribution in [2.45, 2.75) is 25.7 Å². The monoisotopic (exact) mass is 174 g/mol. The van der Waals surface area contributed by atoms with Crippen molar-refractivity contribution in [2.75, 3.05) is 0 Å². The highest BCUT2D eigenvalue weighted by atomic mass is 16.1. The van der Waals surface area contributed by atoms with Crippen LogP contribution >= 0.6 is 0 Å². The van der Waals surface area contributed by atoms with Gasteiger partial charge in [0.05, 0.1) is 5.41 Å². The van der Waals surface area contributed by atoms with Crippen LogP contribution in [-0.4, -0.2) is 5.78 Å². The fourth-order valence-corrected chi connectivity index (χ4v) is 3.27. The van der Waals surface area contributed by atoms with Crippen molar-refractivity contribution in [3.8, 4) is 0 Å². The van der Waals surface area contributed by atoms with Crippen molar-refractivity contribution in [1.29, 1.82) is 0 Å². The fraction of sp³-hybridized carbons (Fsp3) is 0.583. The van der Waals surface area contributed by atoms with Crippen LogP contribution in [0, 0.1) is 17.3 Å². The van der Waals surface area contributed by atoms with Gasteiger partial charge in [-0.1, -0.05) is 24.6 Å². The van der Waals surface area contributed by atoms with Crippen LogP contribution in [0.4, 0.5) is 0 Å². The summed E-state index contributed by atoms with van der Waals surface area (Å²) in [5.74, 6) is 1.55. The van der Waals surface area contributed by atoms with E-state index in [1.165, 1.54) is 19.3 Å². The van der Waals surface area contributed by atoms with Crippen LogP contribution in [0.25, 0.3) is 0 Å². The molecule has 0 aliphatic heterocycles. The average Bonchev–Trinajstić information content (AvgIpc) is 2.46. The molecule has 0 aromatic carbocycles. The van der Waals surface area contributed by atoms with E-state index in [1.54, 1.807) is 0 Å². The molecule has 4 rings (SSSR count). The molecule has 1 heteroatoms. The lowest BCUT2D eigenvalue weighted by molar-refractivity contribution is -0.123. The number of ketones is 1. The Morgan fingerprint density at radius 1 is 1.38 bits per heavy atom. The van der Waals surface area contributed by atoms with Crippen LogP contribution in [0.5, 0.6) is 0 Å². The summed E-state index contributed by atoms with van der Waals surface area (Å²) >= 11 is 0. The van der Waals surface area contributed by atoms with E-state index in [4.69, 9.17) is 0 Å². The number of carbonyl (C=O) groups excluding carboxylic acids is 1. The molecule has 4 aliphatic rings. The van der Waals surface area contributed by atoms with E-state index in [0.29, 0.717) is 17.6 Å². The summed E-state index contributed by atoms with van der Waals surface area (Å²) in [5, 5.41) is 0. The minimum atomic E-state index is -0.0660. The molecule has 0 aromatic rings. The predicted octanol–water partition coefficient (Wildman–Crippen LogP) is 2.49. The zero-order chi connectivity index (χ0) is 8.89. The zero-order valence-electron chi connectivity index (χ0n) is 7.70. The Bertz CT molecular complexity index is 313. The molecule has 1 nitrogen and oxygen atoms in total. The van der Waals surface area contributed by atoms with Gasteiger partial charge in [-0.15, -0.1) is 0 Å². The van der Waals surface area contributed by atoms with E-state index in [-0.39, 0.29) is 5.41 Å². The first kappa shape index (κ1) is 7.54. The lowest BCUT2D eigenvalue weighted by Gasteiger charge is -2.33. The first-order chi connectivity index (χ1) is 6.31. The largest absolute Gasteiger partial charge is 0.294 e. The second kappa shape index (κ2) is 2.34. The van der Waals surface area contributed by atoms with Crippen LogP contribution in [0.15, 0.2) is 24.3 Å². The summed E-state index contributed by atoms with van der Waals surface area (Å²) < 4.78 is 0. The van der Waals surface area contributed by atoms with Crippen molar-refractivity contribution in [1.82, 2.24) is 0 Å². The number of carbonyl (C=O) groups is 1. The summed E-state index contributed by atoms with van der Waals surface area (Å²) in [7, 11) is 0. The number of hydrogen-bond donors (Lipinski definition) is 0. The van der Waals surface area contributed by atoms with Gasteiger partial charge in [-0.3, -0.25) is 4.79 Å². The smallest absolute Gasteiger partial charge is 0.165 e. The maximum atomic E-state index is 11.9. The molecule has 3 atom stereocenters. The molecule has 0 heterocycles. The lowest BCUT2D eigenvalue weighted by Crippen LogP contribution is -2.33. The maximum Gasteiger partial charge on any atom is 0.165 e. The number of rotatable bonds is 0. The van der Waals surface area contributed by atoms with Crippen LogP contribution in [0.2, 0.25) is 0 Å². The third kappa shape index (κ3) is 0.849. The second-order valence-corrected chi connectivity index (χ2v) is 4.61. The molecule has 1 saturated carbocycles. The van der Waals surface area contributed by atoms with Crippen molar-refractivity contribution < 1.29 is 4.79 Å². The Morgan fingerprint density at radius 2 is 2.31 bits per heavy atom. The van der Waals surface area contributed by atoms with Gasteiger partial charge < -0.3 is 0 Å². The highest BCUT2D eigenvalue weighted by Gasteiger charge is 2.48. The van der Waals surface area contributed by atoms with Gasteiger partial charge in [0.2, 0.25) is 0 Å².